The van der Waals surface area contributed by atoms with E-state index < -0.39 is 35.9 Å². The van der Waals surface area contributed by atoms with E-state index in [4.69, 9.17) is 4.74 Å². The first-order chi connectivity index (χ1) is 10.4. The second kappa shape index (κ2) is 5.07. The summed E-state index contributed by atoms with van der Waals surface area (Å²) in [6, 6.07) is 10.3. The van der Waals surface area contributed by atoms with Crippen LogP contribution >= 0.6 is 0 Å². The molecule has 1 aliphatic rings. The highest BCUT2D eigenvalue weighted by atomic mass is 19.4. The molecule has 2 aromatic rings. The average molecular weight is 312 g/mol. The smallest absolute Gasteiger partial charge is 0.393 e. The molecule has 22 heavy (non-hydrogen) atoms. The number of benzene rings is 2. The summed E-state index contributed by atoms with van der Waals surface area (Å²) < 4.78 is 57.7. The summed E-state index contributed by atoms with van der Waals surface area (Å²) in [6.45, 7) is -0.491. The second-order valence-corrected chi connectivity index (χ2v) is 5.14. The summed E-state index contributed by atoms with van der Waals surface area (Å²) in [5.74, 6) is -0.468. The molecule has 0 aromatic heterocycles. The first kappa shape index (κ1) is 15.0. The lowest BCUT2D eigenvalue weighted by molar-refractivity contribution is -0.138. The van der Waals surface area contributed by atoms with Crippen LogP contribution in [0.2, 0.25) is 0 Å². The Labute approximate surface area is 124 Å². The third-order valence-corrected chi connectivity index (χ3v) is 3.81. The van der Waals surface area contributed by atoms with Crippen LogP contribution in [0.25, 0.3) is 0 Å². The third-order valence-electron chi connectivity index (χ3n) is 3.81. The molecule has 1 aliphatic heterocycles. The van der Waals surface area contributed by atoms with E-state index in [0.29, 0.717) is 5.56 Å². The van der Waals surface area contributed by atoms with Gasteiger partial charge in [0.05, 0.1) is 12.2 Å². The summed E-state index contributed by atoms with van der Waals surface area (Å²) in [5, 5.41) is 9.60. The van der Waals surface area contributed by atoms with Crippen molar-refractivity contribution in [3.8, 4) is 0 Å². The Morgan fingerprint density at radius 2 is 1.68 bits per heavy atom. The fraction of sp³-hybridized carbons (Fsp3) is 0.250. The number of rotatable bonds is 3. The standard InChI is InChI=1S/C16H12F4O2/c17-11-7-5-10(6-8-11)15(9-21)14(22-15)12-3-1-2-4-13(12)16(18,19)20/h1-8,14,21H,9H2/t14-,15+/m0/s1. The van der Waals surface area contributed by atoms with Crippen molar-refractivity contribution < 1.29 is 27.4 Å². The van der Waals surface area contributed by atoms with Gasteiger partial charge in [-0.15, -0.1) is 0 Å². The largest absolute Gasteiger partial charge is 0.416 e. The molecule has 2 aromatic carbocycles. The number of hydrogen-bond acceptors (Lipinski definition) is 2. The molecule has 2 atom stereocenters. The highest BCUT2D eigenvalue weighted by Crippen LogP contribution is 2.58. The van der Waals surface area contributed by atoms with E-state index >= 15 is 0 Å². The lowest BCUT2D eigenvalue weighted by atomic mass is 9.90. The highest BCUT2D eigenvalue weighted by molar-refractivity contribution is 5.41. The Morgan fingerprint density at radius 1 is 1.05 bits per heavy atom. The van der Waals surface area contributed by atoms with Crippen LogP contribution < -0.4 is 0 Å². The van der Waals surface area contributed by atoms with Gasteiger partial charge in [0.2, 0.25) is 0 Å². The quantitative estimate of drug-likeness (QED) is 0.690. The van der Waals surface area contributed by atoms with Gasteiger partial charge in [-0.1, -0.05) is 30.3 Å². The van der Waals surface area contributed by atoms with Crippen molar-refractivity contribution in [2.75, 3.05) is 6.61 Å². The third kappa shape index (κ3) is 2.38. The predicted molar refractivity (Wildman–Crippen MR) is 70.4 cm³/mol. The Kier molecular flexibility index (Phi) is 3.45. The van der Waals surface area contributed by atoms with Gasteiger partial charge >= 0.3 is 6.18 Å². The molecule has 0 radical (unpaired) electrons. The summed E-state index contributed by atoms with van der Waals surface area (Å²) in [7, 11) is 0. The van der Waals surface area contributed by atoms with E-state index in [1.807, 2.05) is 0 Å². The number of ether oxygens (including phenoxy) is 1. The van der Waals surface area contributed by atoms with Crippen LogP contribution in [0.4, 0.5) is 17.6 Å². The van der Waals surface area contributed by atoms with Crippen molar-refractivity contribution in [3.05, 3.63) is 71.0 Å². The molecule has 0 saturated carbocycles. The van der Waals surface area contributed by atoms with Crippen LogP contribution in [0.3, 0.4) is 0 Å². The van der Waals surface area contributed by atoms with E-state index in [1.54, 1.807) is 0 Å². The molecule has 0 amide bonds. The van der Waals surface area contributed by atoms with E-state index in [2.05, 4.69) is 0 Å². The number of halogens is 4. The average Bonchev–Trinajstić information content (AvgIpc) is 3.23. The zero-order valence-electron chi connectivity index (χ0n) is 11.3. The maximum absolute atomic E-state index is 13.1. The number of aliphatic hydroxyl groups is 1. The van der Waals surface area contributed by atoms with Gasteiger partial charge in [-0.25, -0.2) is 4.39 Å². The van der Waals surface area contributed by atoms with Gasteiger partial charge in [0, 0.05) is 0 Å². The second-order valence-electron chi connectivity index (χ2n) is 5.14. The predicted octanol–water partition coefficient (Wildman–Crippen LogP) is 3.80. The van der Waals surface area contributed by atoms with E-state index in [-0.39, 0.29) is 5.56 Å². The molecular formula is C16H12F4O2. The van der Waals surface area contributed by atoms with Crippen LogP contribution in [-0.4, -0.2) is 11.7 Å². The van der Waals surface area contributed by atoms with Gasteiger partial charge in [-0.3, -0.25) is 0 Å². The first-order valence-corrected chi connectivity index (χ1v) is 6.59. The van der Waals surface area contributed by atoms with Crippen molar-refractivity contribution in [3.63, 3.8) is 0 Å². The van der Waals surface area contributed by atoms with Crippen molar-refractivity contribution in [1.29, 1.82) is 0 Å². The first-order valence-electron chi connectivity index (χ1n) is 6.59. The van der Waals surface area contributed by atoms with Gasteiger partial charge in [-0.2, -0.15) is 13.2 Å². The van der Waals surface area contributed by atoms with Crippen LogP contribution in [0.5, 0.6) is 0 Å². The zero-order chi connectivity index (χ0) is 16.0. The minimum Gasteiger partial charge on any atom is -0.393 e. The van der Waals surface area contributed by atoms with Crippen molar-refractivity contribution in [2.45, 2.75) is 17.9 Å². The molecule has 0 aliphatic carbocycles. The van der Waals surface area contributed by atoms with E-state index in [0.717, 1.165) is 6.07 Å². The lowest BCUT2D eigenvalue weighted by Gasteiger charge is -2.14. The van der Waals surface area contributed by atoms with Crippen LogP contribution in [0.1, 0.15) is 22.8 Å². The Hall–Kier alpha value is -1.92. The van der Waals surface area contributed by atoms with Crippen molar-refractivity contribution in [1.82, 2.24) is 0 Å². The monoisotopic (exact) mass is 312 g/mol. The lowest BCUT2D eigenvalue weighted by Crippen LogP contribution is -2.17. The molecule has 0 bridgehead atoms. The Morgan fingerprint density at radius 3 is 2.27 bits per heavy atom. The fourth-order valence-electron chi connectivity index (χ4n) is 2.64. The van der Waals surface area contributed by atoms with Gasteiger partial charge in [0.1, 0.15) is 17.5 Å². The SMILES string of the molecule is OC[C@]1(c2ccc(F)cc2)O[C@H]1c1ccccc1C(F)(F)F. The summed E-state index contributed by atoms with van der Waals surface area (Å²) >= 11 is 0. The molecule has 2 nitrogen and oxygen atoms in total. The molecule has 3 rings (SSSR count). The Bertz CT molecular complexity index is 681. The van der Waals surface area contributed by atoms with Crippen LogP contribution in [0.15, 0.2) is 48.5 Å². The van der Waals surface area contributed by atoms with Crippen molar-refractivity contribution >= 4 is 0 Å². The Balaban J connectivity index is 2.00. The number of epoxide rings is 1. The van der Waals surface area contributed by atoms with Crippen LogP contribution in [0, 0.1) is 5.82 Å². The summed E-state index contributed by atoms with van der Waals surface area (Å²) in [4.78, 5) is 0. The molecule has 1 N–H and O–H groups in total. The van der Waals surface area contributed by atoms with Gasteiger partial charge in [0.15, 0.2) is 0 Å². The number of aliphatic hydroxyl groups excluding tert-OH is 1. The van der Waals surface area contributed by atoms with Gasteiger partial charge in [0.25, 0.3) is 0 Å². The zero-order valence-corrected chi connectivity index (χ0v) is 11.3. The molecule has 0 spiro atoms. The minimum atomic E-state index is -4.51. The van der Waals surface area contributed by atoms with E-state index in [1.165, 1.54) is 42.5 Å². The molecule has 6 heteroatoms. The maximum atomic E-state index is 13.1. The molecule has 0 unspecified atom stereocenters. The normalized spacial score (nSPS) is 24.3. The molecule has 1 saturated heterocycles. The fourth-order valence-corrected chi connectivity index (χ4v) is 2.64. The highest BCUT2D eigenvalue weighted by Gasteiger charge is 2.60. The molecular weight excluding hydrogens is 300 g/mol. The topological polar surface area (TPSA) is 32.8 Å². The maximum Gasteiger partial charge on any atom is 0.416 e. The van der Waals surface area contributed by atoms with E-state index in [9.17, 15) is 22.7 Å². The molecule has 116 valence electrons. The van der Waals surface area contributed by atoms with Crippen molar-refractivity contribution in [2.24, 2.45) is 0 Å². The minimum absolute atomic E-state index is 0.0339. The van der Waals surface area contributed by atoms with Gasteiger partial charge in [-0.05, 0) is 29.3 Å². The summed E-state index contributed by atoms with van der Waals surface area (Å²) in [6.07, 6.45) is -5.42. The van der Waals surface area contributed by atoms with Gasteiger partial charge < -0.3 is 9.84 Å². The molecule has 1 fully saturated rings. The number of hydrogen-bond donors (Lipinski definition) is 1. The van der Waals surface area contributed by atoms with Crippen LogP contribution in [-0.2, 0) is 16.5 Å². The number of alkyl halides is 3. The summed E-state index contributed by atoms with van der Waals surface area (Å²) in [5.41, 5.74) is -1.64. The molecule has 1 heterocycles.